The Bertz CT molecular complexity index is 866. The first-order valence-electron chi connectivity index (χ1n) is 9.05. The average Bonchev–Trinajstić information content (AvgIpc) is 3.09. The van der Waals surface area contributed by atoms with E-state index in [0.717, 1.165) is 27.8 Å². The van der Waals surface area contributed by atoms with E-state index in [9.17, 15) is 4.79 Å². The number of methoxy groups -OCH3 is 1. The molecule has 148 valence electrons. The lowest BCUT2D eigenvalue weighted by molar-refractivity contribution is -0.120. The van der Waals surface area contributed by atoms with Crippen LogP contribution in [0.1, 0.15) is 23.4 Å². The van der Waals surface area contributed by atoms with Crippen molar-refractivity contribution in [3.63, 3.8) is 0 Å². The molecule has 0 atom stereocenters. The maximum Gasteiger partial charge on any atom is 0.220 e. The molecular formula is C22H26ClN3O2. The van der Waals surface area contributed by atoms with Crippen LogP contribution in [0, 0.1) is 13.8 Å². The molecule has 0 bridgehead atoms. The van der Waals surface area contributed by atoms with E-state index in [2.05, 4.69) is 10.4 Å². The number of aryl methyl sites for hydroxylation is 3. The van der Waals surface area contributed by atoms with Crippen LogP contribution in [-0.2, 0) is 11.2 Å². The van der Waals surface area contributed by atoms with Crippen molar-refractivity contribution in [2.75, 3.05) is 14.2 Å². The van der Waals surface area contributed by atoms with Crippen LogP contribution in [-0.4, -0.2) is 29.8 Å². The maximum absolute atomic E-state index is 11.3. The number of nitrogens with one attached hydrogen (secondary N) is 1. The highest BCUT2D eigenvalue weighted by Gasteiger charge is 2.08. The second kappa shape index (κ2) is 10.5. The molecule has 1 heterocycles. The molecule has 0 radical (unpaired) electrons. The first-order valence-corrected chi connectivity index (χ1v) is 9.43. The second-order valence-corrected chi connectivity index (χ2v) is 6.79. The summed E-state index contributed by atoms with van der Waals surface area (Å²) >= 11 is 5.61. The Morgan fingerprint density at radius 2 is 1.75 bits per heavy atom. The third-order valence-corrected chi connectivity index (χ3v) is 4.40. The van der Waals surface area contributed by atoms with Crippen molar-refractivity contribution in [2.45, 2.75) is 26.7 Å². The summed E-state index contributed by atoms with van der Waals surface area (Å²) in [5.41, 5.74) is 4.19. The number of carbonyl (C=O) groups is 1. The molecule has 0 fully saturated rings. The number of hydrogen-bond acceptors (Lipinski definition) is 3. The van der Waals surface area contributed by atoms with Gasteiger partial charge in [0, 0.05) is 30.6 Å². The molecular weight excluding hydrogens is 374 g/mol. The van der Waals surface area contributed by atoms with Crippen molar-refractivity contribution in [1.82, 2.24) is 15.1 Å². The summed E-state index contributed by atoms with van der Waals surface area (Å²) in [6, 6.07) is 17.5. The normalized spacial score (nSPS) is 10.0. The Hall–Kier alpha value is -2.79. The molecule has 3 rings (SSSR count). The summed E-state index contributed by atoms with van der Waals surface area (Å²) in [6.07, 6.45) is 1.10. The smallest absolute Gasteiger partial charge is 0.220 e. The zero-order valence-electron chi connectivity index (χ0n) is 16.7. The van der Waals surface area contributed by atoms with Gasteiger partial charge in [0.05, 0.1) is 18.5 Å². The first kappa shape index (κ1) is 21.5. The zero-order valence-corrected chi connectivity index (χ0v) is 17.5. The van der Waals surface area contributed by atoms with Gasteiger partial charge in [-0.25, -0.2) is 4.68 Å². The molecule has 28 heavy (non-hydrogen) atoms. The van der Waals surface area contributed by atoms with Crippen LogP contribution in [0.25, 0.3) is 5.69 Å². The molecule has 0 saturated carbocycles. The predicted octanol–water partition coefficient (Wildman–Crippen LogP) is 4.52. The molecule has 0 aliphatic heterocycles. The topological polar surface area (TPSA) is 56.2 Å². The maximum atomic E-state index is 11.3. The van der Waals surface area contributed by atoms with Gasteiger partial charge in [-0.15, -0.1) is 0 Å². The summed E-state index contributed by atoms with van der Waals surface area (Å²) in [7, 11) is 3.29. The van der Waals surface area contributed by atoms with Crippen molar-refractivity contribution in [2.24, 2.45) is 0 Å². The van der Waals surface area contributed by atoms with Crippen molar-refractivity contribution in [3.8, 4) is 11.4 Å². The number of amides is 1. The molecule has 0 unspecified atom stereocenters. The Labute approximate surface area is 171 Å². The van der Waals surface area contributed by atoms with Crippen molar-refractivity contribution in [1.29, 1.82) is 0 Å². The minimum absolute atomic E-state index is 0.0293. The summed E-state index contributed by atoms with van der Waals surface area (Å²) in [6.45, 7) is 4.04. The molecule has 1 amide bonds. The lowest BCUT2D eigenvalue weighted by Crippen LogP contribution is -2.18. The van der Waals surface area contributed by atoms with Crippen molar-refractivity contribution >= 4 is 17.5 Å². The molecule has 0 aliphatic carbocycles. The van der Waals surface area contributed by atoms with Crippen molar-refractivity contribution < 1.29 is 9.53 Å². The number of nitrogens with zero attached hydrogens (tertiary/aromatic N) is 2. The molecule has 6 heteroatoms. The summed E-state index contributed by atoms with van der Waals surface area (Å²) < 4.78 is 7.02. The third-order valence-electron chi connectivity index (χ3n) is 4.15. The van der Waals surface area contributed by atoms with Gasteiger partial charge in [0.15, 0.2) is 0 Å². The Morgan fingerprint density at radius 3 is 2.29 bits per heavy atom. The van der Waals surface area contributed by atoms with E-state index >= 15 is 0 Å². The van der Waals surface area contributed by atoms with Gasteiger partial charge in [0.25, 0.3) is 0 Å². The number of rotatable bonds is 5. The van der Waals surface area contributed by atoms with E-state index in [-0.39, 0.29) is 5.91 Å². The number of benzene rings is 2. The number of halogens is 1. The quantitative estimate of drug-likeness (QED) is 0.686. The van der Waals surface area contributed by atoms with Gasteiger partial charge in [0.1, 0.15) is 5.75 Å². The molecule has 3 aromatic rings. The summed E-state index contributed by atoms with van der Waals surface area (Å²) in [4.78, 5) is 11.3. The lowest BCUT2D eigenvalue weighted by Gasteiger charge is -2.05. The van der Waals surface area contributed by atoms with E-state index in [4.69, 9.17) is 16.3 Å². The first-order chi connectivity index (χ1) is 13.4. The predicted molar refractivity (Wildman–Crippen MR) is 113 cm³/mol. The average molecular weight is 400 g/mol. The standard InChI is InChI=1S/C15H19N3O2.C7H7Cl/c1-11-10-12(4-9-15(19)16-2)17-18(11)13-5-7-14(20-3)8-6-13;1-6-2-4-7(8)5-3-6/h5-8,10H,4,9H2,1-3H3,(H,16,19);2-5H,1H3. The van der Waals surface area contributed by atoms with Crippen molar-refractivity contribution in [3.05, 3.63) is 76.6 Å². The number of carbonyl (C=O) groups excluding carboxylic acids is 1. The second-order valence-electron chi connectivity index (χ2n) is 6.36. The van der Waals surface area contributed by atoms with E-state index < -0.39 is 0 Å². The van der Waals surface area contributed by atoms with Crippen LogP contribution >= 0.6 is 11.6 Å². The Balaban J connectivity index is 0.000000292. The highest BCUT2D eigenvalue weighted by Crippen LogP contribution is 2.17. The molecule has 0 spiro atoms. The largest absolute Gasteiger partial charge is 0.497 e. The fourth-order valence-electron chi connectivity index (χ4n) is 2.55. The van der Waals surface area contributed by atoms with Crippen LogP contribution in [0.3, 0.4) is 0 Å². The number of aromatic nitrogens is 2. The SMILES string of the molecule is CNC(=O)CCc1cc(C)n(-c2ccc(OC)cc2)n1.Cc1ccc(Cl)cc1. The van der Waals surface area contributed by atoms with E-state index in [1.54, 1.807) is 14.2 Å². The van der Waals surface area contributed by atoms with Crippen LogP contribution in [0.5, 0.6) is 5.75 Å². The fraction of sp³-hybridized carbons (Fsp3) is 0.273. The van der Waals surface area contributed by atoms with E-state index in [0.29, 0.717) is 12.8 Å². The third kappa shape index (κ3) is 6.43. The minimum atomic E-state index is 0.0293. The van der Waals surface area contributed by atoms with Crippen LogP contribution < -0.4 is 10.1 Å². The van der Waals surface area contributed by atoms with E-state index in [1.165, 1.54) is 5.56 Å². The van der Waals surface area contributed by atoms with Crippen LogP contribution in [0.2, 0.25) is 5.02 Å². The van der Waals surface area contributed by atoms with Crippen LogP contribution in [0.4, 0.5) is 0 Å². The molecule has 0 aliphatic rings. The van der Waals surface area contributed by atoms with Gasteiger partial charge in [-0.1, -0.05) is 29.3 Å². The van der Waals surface area contributed by atoms with Crippen LogP contribution in [0.15, 0.2) is 54.6 Å². The summed E-state index contributed by atoms with van der Waals surface area (Å²) in [5, 5.41) is 7.95. The molecule has 5 nitrogen and oxygen atoms in total. The fourth-order valence-corrected chi connectivity index (χ4v) is 2.67. The zero-order chi connectivity index (χ0) is 20.5. The van der Waals surface area contributed by atoms with Gasteiger partial charge in [-0.2, -0.15) is 5.10 Å². The monoisotopic (exact) mass is 399 g/mol. The van der Waals surface area contributed by atoms with E-state index in [1.807, 2.05) is 73.1 Å². The van der Waals surface area contributed by atoms with Gasteiger partial charge >= 0.3 is 0 Å². The van der Waals surface area contributed by atoms with Gasteiger partial charge in [-0.3, -0.25) is 4.79 Å². The minimum Gasteiger partial charge on any atom is -0.497 e. The number of ether oxygens (including phenoxy) is 1. The Kier molecular flexibility index (Phi) is 8.08. The van der Waals surface area contributed by atoms with Gasteiger partial charge in [0.2, 0.25) is 5.91 Å². The number of hydrogen-bond donors (Lipinski definition) is 1. The molecule has 0 saturated heterocycles. The highest BCUT2D eigenvalue weighted by molar-refractivity contribution is 6.30. The lowest BCUT2D eigenvalue weighted by atomic mass is 10.2. The molecule has 1 N–H and O–H groups in total. The highest BCUT2D eigenvalue weighted by atomic mass is 35.5. The Morgan fingerprint density at radius 1 is 1.11 bits per heavy atom. The summed E-state index contributed by atoms with van der Waals surface area (Å²) in [5.74, 6) is 0.847. The van der Waals surface area contributed by atoms with Gasteiger partial charge in [-0.05, 0) is 56.3 Å². The molecule has 2 aromatic carbocycles. The molecule has 1 aromatic heterocycles. The van der Waals surface area contributed by atoms with Gasteiger partial charge < -0.3 is 10.1 Å².